The van der Waals surface area contributed by atoms with Gasteiger partial charge in [-0.25, -0.2) is 4.98 Å². The van der Waals surface area contributed by atoms with Gasteiger partial charge in [0.15, 0.2) is 5.82 Å². The van der Waals surface area contributed by atoms with Crippen molar-refractivity contribution >= 4 is 0 Å². The van der Waals surface area contributed by atoms with Crippen LogP contribution in [0.5, 0.6) is 0 Å². The van der Waals surface area contributed by atoms with Crippen molar-refractivity contribution in [3.8, 4) is 0 Å². The van der Waals surface area contributed by atoms with Crippen molar-refractivity contribution in [3.05, 3.63) is 29.9 Å². The highest BCUT2D eigenvalue weighted by Gasteiger charge is 2.05. The van der Waals surface area contributed by atoms with Crippen LogP contribution in [-0.2, 0) is 20.1 Å². The molecule has 0 bridgehead atoms. The highest BCUT2D eigenvalue weighted by Crippen LogP contribution is 2.02. The lowest BCUT2D eigenvalue weighted by Gasteiger charge is -2.01. The third-order valence-electron chi connectivity index (χ3n) is 2.40. The number of hydrogen-bond acceptors (Lipinski definition) is 4. The fraction of sp³-hybridized carbons (Fsp3) is 0.444. The summed E-state index contributed by atoms with van der Waals surface area (Å²) in [5.74, 6) is 1.82. The molecule has 0 amide bonds. The Morgan fingerprint density at radius 3 is 2.73 bits per heavy atom. The lowest BCUT2D eigenvalue weighted by molar-refractivity contribution is 0.690. The highest BCUT2D eigenvalue weighted by molar-refractivity contribution is 4.99. The predicted molar refractivity (Wildman–Crippen MR) is 55.0 cm³/mol. The summed E-state index contributed by atoms with van der Waals surface area (Å²) in [4.78, 5) is 4.15. The number of aromatic nitrogens is 5. The first kappa shape index (κ1) is 9.85. The van der Waals surface area contributed by atoms with E-state index >= 15 is 0 Å². The van der Waals surface area contributed by atoms with Gasteiger partial charge in [0.1, 0.15) is 5.82 Å². The molecule has 2 rings (SSSR count). The lowest BCUT2D eigenvalue weighted by Crippen LogP contribution is -2.05. The number of imidazole rings is 1. The summed E-state index contributed by atoms with van der Waals surface area (Å²) in [7, 11) is 1.95. The van der Waals surface area contributed by atoms with Gasteiger partial charge < -0.3 is 14.9 Å². The second-order valence-electron chi connectivity index (χ2n) is 3.46. The molecule has 6 heteroatoms. The molecule has 0 aliphatic rings. The Labute approximate surface area is 87.8 Å². The maximum absolute atomic E-state index is 5.48. The monoisotopic (exact) mass is 206 g/mol. The topological polar surface area (TPSA) is 74.6 Å². The summed E-state index contributed by atoms with van der Waals surface area (Å²) in [6.07, 6.45) is 3.68. The van der Waals surface area contributed by atoms with Gasteiger partial charge in [0, 0.05) is 19.8 Å². The molecule has 2 heterocycles. The molecule has 6 nitrogen and oxygen atoms in total. The van der Waals surface area contributed by atoms with Crippen LogP contribution in [0.4, 0.5) is 0 Å². The molecule has 0 saturated heterocycles. The second kappa shape index (κ2) is 3.82. The zero-order chi connectivity index (χ0) is 10.8. The van der Waals surface area contributed by atoms with E-state index in [9.17, 15) is 0 Å². The van der Waals surface area contributed by atoms with Gasteiger partial charge in [0.05, 0.1) is 18.6 Å². The maximum atomic E-state index is 5.48. The number of hydrogen-bond donors (Lipinski definition) is 1. The van der Waals surface area contributed by atoms with Crippen molar-refractivity contribution in [2.45, 2.75) is 20.0 Å². The van der Waals surface area contributed by atoms with Gasteiger partial charge in [-0.3, -0.25) is 0 Å². The van der Waals surface area contributed by atoms with Gasteiger partial charge in [-0.15, -0.1) is 10.2 Å². The summed E-state index contributed by atoms with van der Waals surface area (Å²) < 4.78 is 3.91. The van der Waals surface area contributed by atoms with Gasteiger partial charge in [0.25, 0.3) is 0 Å². The van der Waals surface area contributed by atoms with Crippen molar-refractivity contribution in [2.24, 2.45) is 12.8 Å². The van der Waals surface area contributed by atoms with E-state index in [1.165, 1.54) is 0 Å². The van der Waals surface area contributed by atoms with Crippen LogP contribution >= 0.6 is 0 Å². The SMILES string of the molecule is Cc1nnc(Cn2cnc(CN)c2)n1C. The Hall–Kier alpha value is -1.69. The molecule has 0 radical (unpaired) electrons. The third-order valence-corrected chi connectivity index (χ3v) is 2.40. The van der Waals surface area contributed by atoms with Crippen LogP contribution in [0.2, 0.25) is 0 Å². The predicted octanol–water partition coefficient (Wildman–Crippen LogP) is -0.173. The Bertz CT molecular complexity index is 455. The summed E-state index contributed by atoms with van der Waals surface area (Å²) in [5, 5.41) is 8.07. The smallest absolute Gasteiger partial charge is 0.152 e. The van der Waals surface area contributed by atoms with E-state index in [0.29, 0.717) is 13.1 Å². The van der Waals surface area contributed by atoms with E-state index < -0.39 is 0 Å². The summed E-state index contributed by atoms with van der Waals surface area (Å²) in [6, 6.07) is 0. The minimum Gasteiger partial charge on any atom is -0.329 e. The van der Waals surface area contributed by atoms with E-state index in [4.69, 9.17) is 5.73 Å². The van der Waals surface area contributed by atoms with Crippen LogP contribution in [0.15, 0.2) is 12.5 Å². The Morgan fingerprint density at radius 1 is 1.40 bits per heavy atom. The lowest BCUT2D eigenvalue weighted by atomic mass is 10.5. The molecule has 0 unspecified atom stereocenters. The minimum atomic E-state index is 0.463. The Balaban J connectivity index is 2.18. The van der Waals surface area contributed by atoms with Gasteiger partial charge in [-0.05, 0) is 6.92 Å². The molecular weight excluding hydrogens is 192 g/mol. The molecule has 0 atom stereocenters. The van der Waals surface area contributed by atoms with Crippen molar-refractivity contribution < 1.29 is 0 Å². The van der Waals surface area contributed by atoms with E-state index in [0.717, 1.165) is 17.3 Å². The summed E-state index contributed by atoms with van der Waals surface area (Å²) >= 11 is 0. The average Bonchev–Trinajstić information content (AvgIpc) is 2.80. The first-order chi connectivity index (χ1) is 7.20. The van der Waals surface area contributed by atoms with E-state index in [1.54, 1.807) is 6.33 Å². The Kier molecular flexibility index (Phi) is 2.51. The van der Waals surface area contributed by atoms with Crippen molar-refractivity contribution in [1.82, 2.24) is 24.3 Å². The molecule has 0 fully saturated rings. The van der Waals surface area contributed by atoms with E-state index in [2.05, 4.69) is 15.2 Å². The van der Waals surface area contributed by atoms with E-state index in [-0.39, 0.29) is 0 Å². The Morgan fingerprint density at radius 2 is 2.20 bits per heavy atom. The second-order valence-corrected chi connectivity index (χ2v) is 3.46. The zero-order valence-corrected chi connectivity index (χ0v) is 8.88. The van der Waals surface area contributed by atoms with E-state index in [1.807, 2.05) is 29.3 Å². The summed E-state index contributed by atoms with van der Waals surface area (Å²) in [6.45, 7) is 3.06. The fourth-order valence-corrected chi connectivity index (χ4v) is 1.35. The normalized spacial score (nSPS) is 10.9. The van der Waals surface area contributed by atoms with Crippen LogP contribution in [0.1, 0.15) is 17.3 Å². The zero-order valence-electron chi connectivity index (χ0n) is 8.88. The van der Waals surface area contributed by atoms with Gasteiger partial charge in [0.2, 0.25) is 0 Å². The molecule has 15 heavy (non-hydrogen) atoms. The van der Waals surface area contributed by atoms with Crippen LogP contribution in [-0.4, -0.2) is 24.3 Å². The third kappa shape index (κ3) is 1.89. The number of nitrogens with zero attached hydrogens (tertiary/aromatic N) is 5. The quantitative estimate of drug-likeness (QED) is 0.756. The molecule has 0 spiro atoms. The molecule has 80 valence electrons. The maximum Gasteiger partial charge on any atom is 0.152 e. The van der Waals surface area contributed by atoms with Gasteiger partial charge in [-0.1, -0.05) is 0 Å². The van der Waals surface area contributed by atoms with Crippen LogP contribution < -0.4 is 5.73 Å². The van der Waals surface area contributed by atoms with Crippen LogP contribution in [0.3, 0.4) is 0 Å². The molecule has 0 aliphatic carbocycles. The molecule has 0 aliphatic heterocycles. The molecule has 2 aromatic heterocycles. The van der Waals surface area contributed by atoms with Gasteiger partial charge in [-0.2, -0.15) is 0 Å². The number of aryl methyl sites for hydroxylation is 1. The molecule has 0 saturated carbocycles. The first-order valence-corrected chi connectivity index (χ1v) is 4.76. The molecule has 2 N–H and O–H groups in total. The van der Waals surface area contributed by atoms with Crippen molar-refractivity contribution in [1.29, 1.82) is 0 Å². The minimum absolute atomic E-state index is 0.463. The fourth-order valence-electron chi connectivity index (χ4n) is 1.35. The standard InChI is InChI=1S/C9H14N6/c1-7-12-13-9(14(7)2)5-15-4-8(3-10)11-6-15/h4,6H,3,5,10H2,1-2H3. The molecule has 2 aromatic rings. The highest BCUT2D eigenvalue weighted by atomic mass is 15.3. The average molecular weight is 206 g/mol. The van der Waals surface area contributed by atoms with Crippen molar-refractivity contribution in [2.75, 3.05) is 0 Å². The number of rotatable bonds is 3. The number of nitrogens with two attached hydrogens (primary N) is 1. The largest absolute Gasteiger partial charge is 0.329 e. The first-order valence-electron chi connectivity index (χ1n) is 4.76. The van der Waals surface area contributed by atoms with Crippen LogP contribution in [0, 0.1) is 6.92 Å². The van der Waals surface area contributed by atoms with Crippen molar-refractivity contribution in [3.63, 3.8) is 0 Å². The molecule has 0 aromatic carbocycles. The summed E-state index contributed by atoms with van der Waals surface area (Å²) in [5.41, 5.74) is 6.36. The van der Waals surface area contributed by atoms with Gasteiger partial charge >= 0.3 is 0 Å². The molecular formula is C9H14N6. The van der Waals surface area contributed by atoms with Crippen LogP contribution in [0.25, 0.3) is 0 Å².